The van der Waals surface area contributed by atoms with Crippen LogP contribution in [0.25, 0.3) is 11.3 Å². The van der Waals surface area contributed by atoms with Crippen molar-refractivity contribution in [2.45, 2.75) is 18.7 Å². The van der Waals surface area contributed by atoms with Crippen LogP contribution in [0.5, 0.6) is 11.5 Å². The maximum Gasteiger partial charge on any atom is 0.265 e. The average molecular weight is 388 g/mol. The van der Waals surface area contributed by atoms with Crippen molar-refractivity contribution in [2.24, 2.45) is 0 Å². The molecule has 27 heavy (non-hydrogen) atoms. The molecule has 3 rings (SSSR count). The summed E-state index contributed by atoms with van der Waals surface area (Å²) in [6, 6.07) is 13.2. The summed E-state index contributed by atoms with van der Waals surface area (Å²) in [6.07, 6.45) is 0. The molecule has 0 aliphatic carbocycles. The first-order valence-corrected chi connectivity index (χ1v) is 9.78. The number of aryl methyl sites for hydroxylation is 1. The number of hydrogen-bond donors (Lipinski definition) is 1. The molecule has 0 bridgehead atoms. The number of nitrogens with zero attached hydrogens (tertiary/aromatic N) is 1. The summed E-state index contributed by atoms with van der Waals surface area (Å²) in [5, 5.41) is 3.84. The van der Waals surface area contributed by atoms with Crippen LogP contribution in [0.4, 0.5) is 5.69 Å². The summed E-state index contributed by atoms with van der Waals surface area (Å²) < 4.78 is 44.0. The highest BCUT2D eigenvalue weighted by Gasteiger charge is 2.21. The molecule has 0 atom stereocenters. The second kappa shape index (κ2) is 7.71. The number of sulfonamides is 1. The number of aromatic nitrogens is 1. The van der Waals surface area contributed by atoms with Crippen LogP contribution >= 0.6 is 0 Å². The predicted molar refractivity (Wildman–Crippen MR) is 102 cm³/mol. The molecular formula is C19H20N2O5S. The van der Waals surface area contributed by atoms with Crippen LogP contribution in [0.2, 0.25) is 0 Å². The van der Waals surface area contributed by atoms with Crippen molar-refractivity contribution in [1.82, 2.24) is 5.16 Å². The molecule has 0 aliphatic heterocycles. The van der Waals surface area contributed by atoms with E-state index < -0.39 is 10.0 Å². The first-order chi connectivity index (χ1) is 12.9. The smallest absolute Gasteiger partial charge is 0.265 e. The van der Waals surface area contributed by atoms with Gasteiger partial charge >= 0.3 is 0 Å². The van der Waals surface area contributed by atoms with E-state index in [0.29, 0.717) is 29.4 Å². The molecule has 7 nitrogen and oxygen atoms in total. The fraction of sp³-hybridized carbons (Fsp3) is 0.211. The standard InChI is InChI=1S/C19H20N2O5S/c1-4-25-16-8-6-15(7-9-16)21-27(22,23)19-10-5-14(12-18(19)24-3)17-11-13(2)20-26-17/h5-12,21H,4H2,1-3H3. The molecule has 3 aromatic rings. The zero-order valence-corrected chi connectivity index (χ0v) is 16.0. The topological polar surface area (TPSA) is 90.7 Å². The molecule has 0 fully saturated rings. The van der Waals surface area contributed by atoms with Crippen LogP contribution in [0, 0.1) is 6.92 Å². The third-order valence-electron chi connectivity index (χ3n) is 3.78. The second-order valence-corrected chi connectivity index (χ2v) is 7.41. The molecule has 0 saturated heterocycles. The van der Waals surface area contributed by atoms with Gasteiger partial charge in [-0.3, -0.25) is 4.72 Å². The molecule has 0 saturated carbocycles. The van der Waals surface area contributed by atoms with E-state index in [4.69, 9.17) is 14.0 Å². The van der Waals surface area contributed by atoms with Crippen molar-refractivity contribution in [3.8, 4) is 22.8 Å². The van der Waals surface area contributed by atoms with E-state index in [1.807, 2.05) is 13.8 Å². The number of hydrogen-bond acceptors (Lipinski definition) is 6. The van der Waals surface area contributed by atoms with Crippen molar-refractivity contribution in [3.05, 3.63) is 54.2 Å². The Morgan fingerprint density at radius 3 is 2.44 bits per heavy atom. The number of anilines is 1. The minimum Gasteiger partial charge on any atom is -0.495 e. The van der Waals surface area contributed by atoms with E-state index in [1.165, 1.54) is 13.2 Å². The van der Waals surface area contributed by atoms with Crippen molar-refractivity contribution < 1.29 is 22.4 Å². The summed E-state index contributed by atoms with van der Waals surface area (Å²) >= 11 is 0. The molecule has 0 aliphatic rings. The molecule has 1 N–H and O–H groups in total. The summed E-state index contributed by atoms with van der Waals surface area (Å²) in [5.41, 5.74) is 1.83. The predicted octanol–water partition coefficient (Wildman–Crippen LogP) is 3.86. The molecule has 2 aromatic carbocycles. The lowest BCUT2D eigenvalue weighted by molar-refractivity contribution is 0.340. The summed E-state index contributed by atoms with van der Waals surface area (Å²) in [6.45, 7) is 4.23. The van der Waals surface area contributed by atoms with Gasteiger partial charge in [0.2, 0.25) is 0 Å². The molecule has 1 heterocycles. The van der Waals surface area contributed by atoms with Gasteiger partial charge in [0.15, 0.2) is 5.76 Å². The number of methoxy groups -OCH3 is 1. The van der Waals surface area contributed by atoms with Gasteiger partial charge in [0.1, 0.15) is 16.4 Å². The van der Waals surface area contributed by atoms with E-state index in [-0.39, 0.29) is 10.6 Å². The van der Waals surface area contributed by atoms with Crippen LogP contribution in [-0.2, 0) is 10.0 Å². The number of nitrogens with one attached hydrogen (secondary N) is 1. The van der Waals surface area contributed by atoms with Crippen molar-refractivity contribution in [3.63, 3.8) is 0 Å². The van der Waals surface area contributed by atoms with E-state index in [0.717, 1.165) is 5.69 Å². The molecule has 0 spiro atoms. The van der Waals surface area contributed by atoms with Crippen molar-refractivity contribution in [1.29, 1.82) is 0 Å². The molecule has 1 aromatic heterocycles. The molecule has 142 valence electrons. The van der Waals surface area contributed by atoms with Crippen LogP contribution in [0.3, 0.4) is 0 Å². The summed E-state index contributed by atoms with van der Waals surface area (Å²) in [4.78, 5) is 0.0267. The molecule has 0 amide bonds. The molecule has 0 unspecified atom stereocenters. The zero-order valence-electron chi connectivity index (χ0n) is 15.2. The fourth-order valence-electron chi connectivity index (χ4n) is 2.54. The Balaban J connectivity index is 1.89. The summed E-state index contributed by atoms with van der Waals surface area (Å²) in [5.74, 6) is 1.42. The third-order valence-corrected chi connectivity index (χ3v) is 5.20. The normalized spacial score (nSPS) is 11.2. The second-order valence-electron chi connectivity index (χ2n) is 5.76. The highest BCUT2D eigenvalue weighted by molar-refractivity contribution is 7.92. The van der Waals surface area contributed by atoms with Gasteiger partial charge in [0.05, 0.1) is 19.4 Å². The molecule has 8 heteroatoms. The minimum absolute atomic E-state index is 0.0267. The largest absolute Gasteiger partial charge is 0.495 e. The van der Waals surface area contributed by atoms with Crippen LogP contribution < -0.4 is 14.2 Å². The zero-order chi connectivity index (χ0) is 19.4. The minimum atomic E-state index is -3.84. The molecule has 0 radical (unpaired) electrons. The third kappa shape index (κ3) is 4.22. The van der Waals surface area contributed by atoms with E-state index in [9.17, 15) is 8.42 Å². The SMILES string of the molecule is CCOc1ccc(NS(=O)(=O)c2ccc(-c3cc(C)no3)cc2OC)cc1. The average Bonchev–Trinajstić information content (AvgIpc) is 3.09. The number of rotatable bonds is 7. The Labute approximate surface area is 158 Å². The van der Waals surface area contributed by atoms with Gasteiger partial charge in [-0.2, -0.15) is 0 Å². The first kappa shape index (κ1) is 18.8. The Hall–Kier alpha value is -3.00. The van der Waals surface area contributed by atoms with E-state index in [2.05, 4.69) is 9.88 Å². The van der Waals surface area contributed by atoms with Gasteiger partial charge in [0, 0.05) is 17.3 Å². The van der Waals surface area contributed by atoms with Gasteiger partial charge in [-0.05, 0) is 56.3 Å². The monoisotopic (exact) mass is 388 g/mol. The van der Waals surface area contributed by atoms with E-state index in [1.54, 1.807) is 42.5 Å². The lowest BCUT2D eigenvalue weighted by Gasteiger charge is -2.13. The Morgan fingerprint density at radius 2 is 1.85 bits per heavy atom. The number of ether oxygens (including phenoxy) is 2. The lowest BCUT2D eigenvalue weighted by atomic mass is 10.1. The highest BCUT2D eigenvalue weighted by atomic mass is 32.2. The van der Waals surface area contributed by atoms with Gasteiger partial charge in [-0.15, -0.1) is 0 Å². The number of benzene rings is 2. The quantitative estimate of drug-likeness (QED) is 0.661. The van der Waals surface area contributed by atoms with Gasteiger partial charge in [-0.25, -0.2) is 8.42 Å². The van der Waals surface area contributed by atoms with Crippen molar-refractivity contribution in [2.75, 3.05) is 18.4 Å². The van der Waals surface area contributed by atoms with Gasteiger partial charge in [-0.1, -0.05) is 5.16 Å². The van der Waals surface area contributed by atoms with Crippen LogP contribution in [-0.4, -0.2) is 27.3 Å². The van der Waals surface area contributed by atoms with Gasteiger partial charge < -0.3 is 14.0 Å². The van der Waals surface area contributed by atoms with Gasteiger partial charge in [0.25, 0.3) is 10.0 Å². The first-order valence-electron chi connectivity index (χ1n) is 8.30. The van der Waals surface area contributed by atoms with Crippen molar-refractivity contribution >= 4 is 15.7 Å². The Bertz CT molecular complexity index is 1030. The summed E-state index contributed by atoms with van der Waals surface area (Å²) in [7, 11) is -2.42. The van der Waals surface area contributed by atoms with Crippen LogP contribution in [0.1, 0.15) is 12.6 Å². The van der Waals surface area contributed by atoms with E-state index >= 15 is 0 Å². The molecular weight excluding hydrogens is 368 g/mol. The van der Waals surface area contributed by atoms with Crippen LogP contribution in [0.15, 0.2) is 57.9 Å². The maximum atomic E-state index is 12.8. The Kier molecular flexibility index (Phi) is 5.36. The maximum absolute atomic E-state index is 12.8. The lowest BCUT2D eigenvalue weighted by Crippen LogP contribution is -2.14. The highest BCUT2D eigenvalue weighted by Crippen LogP contribution is 2.31. The fourth-order valence-corrected chi connectivity index (χ4v) is 3.75. The Morgan fingerprint density at radius 1 is 1.11 bits per heavy atom.